The summed E-state index contributed by atoms with van der Waals surface area (Å²) in [6, 6.07) is 4.39. The molecule has 0 atom stereocenters. The molecule has 5 heteroatoms. The highest BCUT2D eigenvalue weighted by Gasteiger charge is 2.21. The molecule has 118 valence electrons. The molecule has 0 bridgehead atoms. The van der Waals surface area contributed by atoms with Gasteiger partial charge in [-0.05, 0) is 44.7 Å². The second kappa shape index (κ2) is 7.66. The minimum absolute atomic E-state index is 0. The predicted octanol–water partition coefficient (Wildman–Crippen LogP) is 2.36. The van der Waals surface area contributed by atoms with Gasteiger partial charge in [0.1, 0.15) is 5.75 Å². The Balaban J connectivity index is 0.00000220. The van der Waals surface area contributed by atoms with Crippen molar-refractivity contribution in [3.05, 3.63) is 28.8 Å². The zero-order valence-corrected chi connectivity index (χ0v) is 13.8. The number of rotatable bonds is 3. The van der Waals surface area contributed by atoms with Gasteiger partial charge in [-0.2, -0.15) is 0 Å². The van der Waals surface area contributed by atoms with Crippen LogP contribution in [0.2, 0.25) is 0 Å². The van der Waals surface area contributed by atoms with Crippen LogP contribution in [0, 0.1) is 20.8 Å². The summed E-state index contributed by atoms with van der Waals surface area (Å²) in [5, 5.41) is 0. The largest absolute Gasteiger partial charge is 0.483 e. The summed E-state index contributed by atoms with van der Waals surface area (Å²) in [7, 11) is 0. The Kier molecular flexibility index (Phi) is 6.49. The van der Waals surface area contributed by atoms with Crippen molar-refractivity contribution >= 4 is 18.3 Å². The van der Waals surface area contributed by atoms with E-state index in [0.717, 1.165) is 42.8 Å². The molecule has 0 aliphatic carbocycles. The fourth-order valence-corrected chi connectivity index (χ4v) is 2.77. The molecule has 1 aliphatic rings. The number of hydrogen-bond donors (Lipinski definition) is 1. The molecule has 1 saturated heterocycles. The van der Waals surface area contributed by atoms with Gasteiger partial charge in [0.2, 0.25) is 0 Å². The molecule has 1 aliphatic heterocycles. The van der Waals surface area contributed by atoms with Crippen molar-refractivity contribution in [3.63, 3.8) is 0 Å². The Bertz CT molecular complexity index is 474. The molecule has 1 aromatic carbocycles. The van der Waals surface area contributed by atoms with Crippen LogP contribution in [0.25, 0.3) is 0 Å². The van der Waals surface area contributed by atoms with E-state index in [-0.39, 0.29) is 31.0 Å². The normalized spacial score (nSPS) is 15.5. The van der Waals surface area contributed by atoms with Crippen LogP contribution < -0.4 is 10.5 Å². The van der Waals surface area contributed by atoms with E-state index >= 15 is 0 Å². The van der Waals surface area contributed by atoms with Crippen LogP contribution in [0.3, 0.4) is 0 Å². The second-order valence-corrected chi connectivity index (χ2v) is 5.73. The molecular formula is C16H25ClN2O2. The Labute approximate surface area is 133 Å². The zero-order chi connectivity index (χ0) is 14.7. The molecular weight excluding hydrogens is 288 g/mol. The van der Waals surface area contributed by atoms with Crippen molar-refractivity contribution in [2.24, 2.45) is 5.73 Å². The Morgan fingerprint density at radius 1 is 1.24 bits per heavy atom. The molecule has 2 rings (SSSR count). The molecule has 0 radical (unpaired) electrons. The van der Waals surface area contributed by atoms with Crippen molar-refractivity contribution in [1.29, 1.82) is 0 Å². The molecule has 0 spiro atoms. The number of hydrogen-bond acceptors (Lipinski definition) is 3. The average Bonchev–Trinajstić information content (AvgIpc) is 2.38. The van der Waals surface area contributed by atoms with Gasteiger partial charge in [0.25, 0.3) is 5.91 Å². The summed E-state index contributed by atoms with van der Waals surface area (Å²) >= 11 is 0. The van der Waals surface area contributed by atoms with Gasteiger partial charge in [-0.1, -0.05) is 17.7 Å². The SMILES string of the molecule is Cc1cc(C)c(OCC(=O)N2CCC(N)CC2)c(C)c1.Cl. The summed E-state index contributed by atoms with van der Waals surface area (Å²) in [4.78, 5) is 14.0. The van der Waals surface area contributed by atoms with Gasteiger partial charge in [0.05, 0.1) is 0 Å². The number of likely N-dealkylation sites (tertiary alicyclic amines) is 1. The Morgan fingerprint density at radius 3 is 2.29 bits per heavy atom. The third-order valence-corrected chi connectivity index (χ3v) is 3.84. The summed E-state index contributed by atoms with van der Waals surface area (Å²) in [5.41, 5.74) is 9.22. The molecule has 1 aromatic rings. The van der Waals surface area contributed by atoms with E-state index in [0.29, 0.717) is 0 Å². The van der Waals surface area contributed by atoms with Gasteiger partial charge in [0.15, 0.2) is 6.61 Å². The molecule has 4 nitrogen and oxygen atoms in total. The summed E-state index contributed by atoms with van der Waals surface area (Å²) < 4.78 is 5.74. The highest BCUT2D eigenvalue weighted by atomic mass is 35.5. The van der Waals surface area contributed by atoms with Crippen LogP contribution in [-0.2, 0) is 4.79 Å². The van der Waals surface area contributed by atoms with Crippen molar-refractivity contribution in [2.45, 2.75) is 39.7 Å². The lowest BCUT2D eigenvalue weighted by atomic mass is 10.1. The molecule has 1 fully saturated rings. The van der Waals surface area contributed by atoms with E-state index in [1.807, 2.05) is 18.7 Å². The van der Waals surface area contributed by atoms with Crippen molar-refractivity contribution < 1.29 is 9.53 Å². The van der Waals surface area contributed by atoms with E-state index in [1.165, 1.54) is 5.56 Å². The third kappa shape index (κ3) is 4.61. The van der Waals surface area contributed by atoms with E-state index in [2.05, 4.69) is 19.1 Å². The number of piperidine rings is 1. The van der Waals surface area contributed by atoms with Crippen molar-refractivity contribution in [2.75, 3.05) is 19.7 Å². The maximum Gasteiger partial charge on any atom is 0.260 e. The molecule has 21 heavy (non-hydrogen) atoms. The minimum atomic E-state index is 0. The highest BCUT2D eigenvalue weighted by Crippen LogP contribution is 2.24. The fourth-order valence-electron chi connectivity index (χ4n) is 2.77. The standard InChI is InChI=1S/C16H24N2O2.ClH/c1-11-8-12(2)16(13(3)9-11)20-10-15(19)18-6-4-14(17)5-7-18;/h8-9,14H,4-7,10,17H2,1-3H3;1H. The number of carbonyl (C=O) groups excluding carboxylic acids is 1. The number of aryl methyl sites for hydroxylation is 3. The van der Waals surface area contributed by atoms with Gasteiger partial charge in [0, 0.05) is 19.1 Å². The maximum absolute atomic E-state index is 12.1. The van der Waals surface area contributed by atoms with E-state index in [9.17, 15) is 4.79 Å². The molecule has 2 N–H and O–H groups in total. The van der Waals surface area contributed by atoms with Crippen molar-refractivity contribution in [3.8, 4) is 5.75 Å². The summed E-state index contributed by atoms with van der Waals surface area (Å²) in [5.74, 6) is 0.883. The van der Waals surface area contributed by atoms with Gasteiger partial charge in [-0.15, -0.1) is 12.4 Å². The first-order valence-electron chi connectivity index (χ1n) is 7.21. The highest BCUT2D eigenvalue weighted by molar-refractivity contribution is 5.85. The number of halogens is 1. The molecule has 1 amide bonds. The lowest BCUT2D eigenvalue weighted by Crippen LogP contribution is -2.44. The van der Waals surface area contributed by atoms with Gasteiger partial charge in [-0.25, -0.2) is 0 Å². The number of ether oxygens (including phenoxy) is 1. The Hall–Kier alpha value is -1.26. The number of carbonyl (C=O) groups is 1. The number of amides is 1. The lowest BCUT2D eigenvalue weighted by Gasteiger charge is -2.30. The topological polar surface area (TPSA) is 55.6 Å². The summed E-state index contributed by atoms with van der Waals surface area (Å²) in [6.45, 7) is 7.69. The summed E-state index contributed by atoms with van der Waals surface area (Å²) in [6.07, 6.45) is 1.77. The maximum atomic E-state index is 12.1. The first-order valence-corrected chi connectivity index (χ1v) is 7.21. The lowest BCUT2D eigenvalue weighted by molar-refractivity contribution is -0.134. The van der Waals surface area contributed by atoms with Crippen LogP contribution in [0.1, 0.15) is 29.5 Å². The van der Waals surface area contributed by atoms with E-state index < -0.39 is 0 Å². The number of nitrogens with two attached hydrogens (primary N) is 1. The van der Waals surface area contributed by atoms with Gasteiger partial charge < -0.3 is 15.4 Å². The van der Waals surface area contributed by atoms with Crippen LogP contribution >= 0.6 is 12.4 Å². The van der Waals surface area contributed by atoms with E-state index in [4.69, 9.17) is 10.5 Å². The third-order valence-electron chi connectivity index (χ3n) is 3.84. The van der Waals surface area contributed by atoms with Gasteiger partial charge in [-0.3, -0.25) is 4.79 Å². The van der Waals surface area contributed by atoms with Crippen LogP contribution in [0.4, 0.5) is 0 Å². The molecule has 0 aromatic heterocycles. The first kappa shape index (κ1) is 17.8. The van der Waals surface area contributed by atoms with E-state index in [1.54, 1.807) is 0 Å². The minimum Gasteiger partial charge on any atom is -0.483 e. The van der Waals surface area contributed by atoms with Gasteiger partial charge >= 0.3 is 0 Å². The van der Waals surface area contributed by atoms with Crippen LogP contribution in [0.5, 0.6) is 5.75 Å². The molecule has 0 unspecified atom stereocenters. The first-order chi connectivity index (χ1) is 9.47. The molecule has 0 saturated carbocycles. The monoisotopic (exact) mass is 312 g/mol. The fraction of sp³-hybridized carbons (Fsp3) is 0.562. The second-order valence-electron chi connectivity index (χ2n) is 5.73. The number of nitrogens with zero attached hydrogens (tertiary/aromatic N) is 1. The van der Waals surface area contributed by atoms with Crippen LogP contribution in [0.15, 0.2) is 12.1 Å². The Morgan fingerprint density at radius 2 is 1.76 bits per heavy atom. The van der Waals surface area contributed by atoms with Crippen LogP contribution in [-0.4, -0.2) is 36.5 Å². The quantitative estimate of drug-likeness (QED) is 0.932. The smallest absolute Gasteiger partial charge is 0.260 e. The zero-order valence-electron chi connectivity index (χ0n) is 13.0. The van der Waals surface area contributed by atoms with Crippen molar-refractivity contribution in [1.82, 2.24) is 4.90 Å². The number of benzene rings is 1. The average molecular weight is 313 g/mol. The predicted molar refractivity (Wildman–Crippen MR) is 87.2 cm³/mol. The molecule has 1 heterocycles.